The van der Waals surface area contributed by atoms with Crippen molar-refractivity contribution in [2.75, 3.05) is 19.9 Å². The number of aliphatic hydroxyl groups excluding tert-OH is 1. The molecule has 1 unspecified atom stereocenters. The van der Waals surface area contributed by atoms with Crippen LogP contribution in [0.3, 0.4) is 0 Å². The van der Waals surface area contributed by atoms with Gasteiger partial charge in [0.1, 0.15) is 23.5 Å². The SMILES string of the molecule is Cc1ccc(-c2nc(CNCC(O)COc3ccc4c(c3)OCO4)cs2)cc1. The minimum Gasteiger partial charge on any atom is -0.491 e. The number of nitrogens with zero attached hydrogens (tertiary/aromatic N) is 1. The number of hydrogen-bond acceptors (Lipinski definition) is 7. The molecule has 2 heterocycles. The van der Waals surface area contributed by atoms with Crippen molar-refractivity contribution in [2.24, 2.45) is 0 Å². The maximum atomic E-state index is 10.1. The predicted molar refractivity (Wildman–Crippen MR) is 108 cm³/mol. The van der Waals surface area contributed by atoms with Crippen LogP contribution in [-0.2, 0) is 6.54 Å². The van der Waals surface area contributed by atoms with Crippen LogP contribution in [0.25, 0.3) is 10.6 Å². The van der Waals surface area contributed by atoms with Crippen LogP contribution in [-0.4, -0.2) is 36.1 Å². The molecule has 146 valence electrons. The number of fused-ring (bicyclic) bond motifs is 1. The first-order valence-electron chi connectivity index (χ1n) is 9.10. The van der Waals surface area contributed by atoms with Crippen molar-refractivity contribution in [3.8, 4) is 27.8 Å². The fourth-order valence-electron chi connectivity index (χ4n) is 2.80. The summed E-state index contributed by atoms with van der Waals surface area (Å²) in [4.78, 5) is 4.65. The Morgan fingerprint density at radius 1 is 1.18 bits per heavy atom. The van der Waals surface area contributed by atoms with Gasteiger partial charge in [-0.25, -0.2) is 4.98 Å². The lowest BCUT2D eigenvalue weighted by atomic mass is 10.2. The quantitative estimate of drug-likeness (QED) is 0.606. The van der Waals surface area contributed by atoms with E-state index in [-0.39, 0.29) is 13.4 Å². The monoisotopic (exact) mass is 398 g/mol. The van der Waals surface area contributed by atoms with Crippen LogP contribution in [0.2, 0.25) is 0 Å². The van der Waals surface area contributed by atoms with Crippen LogP contribution in [0, 0.1) is 6.92 Å². The van der Waals surface area contributed by atoms with Crippen LogP contribution < -0.4 is 19.5 Å². The number of nitrogens with one attached hydrogen (secondary N) is 1. The van der Waals surface area contributed by atoms with E-state index < -0.39 is 6.10 Å². The summed E-state index contributed by atoms with van der Waals surface area (Å²) in [6.07, 6.45) is -0.624. The molecular weight excluding hydrogens is 376 g/mol. The lowest BCUT2D eigenvalue weighted by molar-refractivity contribution is 0.106. The maximum Gasteiger partial charge on any atom is 0.231 e. The number of thiazole rings is 1. The van der Waals surface area contributed by atoms with Crippen LogP contribution in [0.1, 0.15) is 11.3 Å². The highest BCUT2D eigenvalue weighted by atomic mass is 32.1. The average molecular weight is 398 g/mol. The molecule has 28 heavy (non-hydrogen) atoms. The number of aromatic nitrogens is 1. The van der Waals surface area contributed by atoms with Gasteiger partial charge >= 0.3 is 0 Å². The third-order valence-electron chi connectivity index (χ3n) is 4.32. The van der Waals surface area contributed by atoms with E-state index in [0.717, 1.165) is 16.3 Å². The second-order valence-electron chi connectivity index (χ2n) is 6.62. The molecule has 0 bridgehead atoms. The molecule has 1 aromatic heterocycles. The Kier molecular flexibility index (Phi) is 5.76. The van der Waals surface area contributed by atoms with Crippen molar-refractivity contribution in [1.82, 2.24) is 10.3 Å². The van der Waals surface area contributed by atoms with Gasteiger partial charge in [0.25, 0.3) is 0 Å². The summed E-state index contributed by atoms with van der Waals surface area (Å²) in [6, 6.07) is 13.7. The molecule has 0 spiro atoms. The van der Waals surface area contributed by atoms with E-state index >= 15 is 0 Å². The summed E-state index contributed by atoms with van der Waals surface area (Å²) in [5, 5.41) is 16.4. The normalized spacial score (nSPS) is 13.5. The van der Waals surface area contributed by atoms with Crippen molar-refractivity contribution in [3.05, 3.63) is 59.1 Å². The van der Waals surface area contributed by atoms with Gasteiger partial charge in [-0.1, -0.05) is 29.8 Å². The first-order chi connectivity index (χ1) is 13.7. The van der Waals surface area contributed by atoms with Gasteiger partial charge in [-0.05, 0) is 19.1 Å². The molecule has 1 aliphatic rings. The number of benzene rings is 2. The Balaban J connectivity index is 1.21. The smallest absolute Gasteiger partial charge is 0.231 e. The second kappa shape index (κ2) is 8.60. The molecule has 7 heteroatoms. The van der Waals surface area contributed by atoms with E-state index in [9.17, 15) is 5.11 Å². The molecule has 6 nitrogen and oxygen atoms in total. The molecule has 0 radical (unpaired) electrons. The molecule has 0 saturated carbocycles. The van der Waals surface area contributed by atoms with Gasteiger partial charge in [-0.2, -0.15) is 0 Å². The molecular formula is C21H22N2O4S. The largest absolute Gasteiger partial charge is 0.491 e. The zero-order valence-corrected chi connectivity index (χ0v) is 16.4. The van der Waals surface area contributed by atoms with Gasteiger partial charge < -0.3 is 24.6 Å². The molecule has 0 saturated heterocycles. The highest BCUT2D eigenvalue weighted by Gasteiger charge is 2.14. The zero-order chi connectivity index (χ0) is 19.3. The van der Waals surface area contributed by atoms with Crippen molar-refractivity contribution in [2.45, 2.75) is 19.6 Å². The molecule has 0 amide bonds. The summed E-state index contributed by atoms with van der Waals surface area (Å²) in [7, 11) is 0. The average Bonchev–Trinajstić information content (AvgIpc) is 3.36. The van der Waals surface area contributed by atoms with E-state index in [1.807, 2.05) is 5.38 Å². The molecule has 3 aromatic rings. The summed E-state index contributed by atoms with van der Waals surface area (Å²) < 4.78 is 16.2. The molecule has 4 rings (SSSR count). The zero-order valence-electron chi connectivity index (χ0n) is 15.6. The number of ether oxygens (including phenoxy) is 3. The first kappa shape index (κ1) is 18.7. The Hall–Kier alpha value is -2.61. The summed E-state index contributed by atoms with van der Waals surface area (Å²) in [5.74, 6) is 2.02. The van der Waals surface area contributed by atoms with Gasteiger partial charge in [0.05, 0.1) is 5.69 Å². The van der Waals surface area contributed by atoms with Crippen LogP contribution in [0.4, 0.5) is 0 Å². The summed E-state index contributed by atoms with van der Waals surface area (Å²) in [5.41, 5.74) is 3.32. The number of rotatable bonds is 8. The maximum absolute atomic E-state index is 10.1. The molecule has 2 N–H and O–H groups in total. The van der Waals surface area contributed by atoms with Crippen LogP contribution in [0.5, 0.6) is 17.2 Å². The third-order valence-corrected chi connectivity index (χ3v) is 5.26. The van der Waals surface area contributed by atoms with Crippen molar-refractivity contribution < 1.29 is 19.3 Å². The number of hydrogen-bond donors (Lipinski definition) is 2. The Morgan fingerprint density at radius 2 is 2.00 bits per heavy atom. The Morgan fingerprint density at radius 3 is 2.86 bits per heavy atom. The van der Waals surface area contributed by atoms with E-state index in [1.165, 1.54) is 5.56 Å². The fourth-order valence-corrected chi connectivity index (χ4v) is 3.63. The molecule has 2 aromatic carbocycles. The third kappa shape index (κ3) is 4.62. The summed E-state index contributed by atoms with van der Waals surface area (Å²) >= 11 is 1.62. The second-order valence-corrected chi connectivity index (χ2v) is 7.48. The fraction of sp³-hybridized carbons (Fsp3) is 0.286. The highest BCUT2D eigenvalue weighted by molar-refractivity contribution is 7.13. The standard InChI is InChI=1S/C21H22N2O4S/c1-14-2-4-15(5-3-14)21-23-16(12-28-21)9-22-10-17(24)11-25-18-6-7-19-20(8-18)27-13-26-19/h2-8,12,17,22,24H,9-11,13H2,1H3. The first-order valence-corrected chi connectivity index (χ1v) is 9.98. The van der Waals surface area contributed by atoms with E-state index in [2.05, 4.69) is 41.5 Å². The Bertz CT molecular complexity index is 926. The van der Waals surface area contributed by atoms with Gasteiger partial charge in [0, 0.05) is 30.1 Å². The molecule has 1 aliphatic heterocycles. The van der Waals surface area contributed by atoms with Crippen LogP contribution in [0.15, 0.2) is 47.8 Å². The Labute approximate surface area is 167 Å². The lowest BCUT2D eigenvalue weighted by Gasteiger charge is -2.13. The van der Waals surface area contributed by atoms with Crippen LogP contribution >= 0.6 is 11.3 Å². The summed E-state index contributed by atoms with van der Waals surface area (Å²) in [6.45, 7) is 3.51. The molecule has 0 fully saturated rings. The van der Waals surface area contributed by atoms with Gasteiger partial charge in [-0.3, -0.25) is 0 Å². The van der Waals surface area contributed by atoms with Gasteiger partial charge in [0.15, 0.2) is 11.5 Å². The van der Waals surface area contributed by atoms with Gasteiger partial charge in [0.2, 0.25) is 6.79 Å². The lowest BCUT2D eigenvalue weighted by Crippen LogP contribution is -2.31. The van der Waals surface area contributed by atoms with E-state index in [4.69, 9.17) is 14.2 Å². The topological polar surface area (TPSA) is 72.8 Å². The van der Waals surface area contributed by atoms with Crippen molar-refractivity contribution >= 4 is 11.3 Å². The number of aryl methyl sites for hydroxylation is 1. The minimum absolute atomic E-state index is 0.193. The minimum atomic E-state index is -0.624. The highest BCUT2D eigenvalue weighted by Crippen LogP contribution is 2.35. The number of aliphatic hydroxyl groups is 1. The molecule has 1 atom stereocenters. The van der Waals surface area contributed by atoms with Crippen molar-refractivity contribution in [1.29, 1.82) is 0 Å². The molecule has 0 aliphatic carbocycles. The van der Waals surface area contributed by atoms with E-state index in [0.29, 0.717) is 30.3 Å². The van der Waals surface area contributed by atoms with Crippen molar-refractivity contribution in [3.63, 3.8) is 0 Å². The predicted octanol–water partition coefficient (Wildman–Crippen LogP) is 3.38. The van der Waals surface area contributed by atoms with E-state index in [1.54, 1.807) is 29.5 Å². The van der Waals surface area contributed by atoms with Gasteiger partial charge in [-0.15, -0.1) is 11.3 Å².